The van der Waals surface area contributed by atoms with E-state index in [-0.39, 0.29) is 12.5 Å². The first-order valence-electron chi connectivity index (χ1n) is 31.7. The number of rotatable bonds is 59. The summed E-state index contributed by atoms with van der Waals surface area (Å²) in [5, 5.41) is 23.2. The lowest BCUT2D eigenvalue weighted by Crippen LogP contribution is -2.45. The minimum atomic E-state index is -0.837. The monoisotopic (exact) mass is 968 g/mol. The zero-order valence-electron chi connectivity index (χ0n) is 47.1. The third-order valence-electron chi connectivity index (χ3n) is 14.9. The smallest absolute Gasteiger partial charge is 0.220 e. The molecule has 0 aliphatic heterocycles. The minimum absolute atomic E-state index is 0.0566. The normalized spacial score (nSPS) is 12.9. The molecule has 1 amide bonds. The highest BCUT2D eigenvalue weighted by atomic mass is 16.3. The molecule has 3 N–H and O–H groups in total. The molecule has 0 spiro atoms. The number of aliphatic hydroxyl groups excluding tert-OH is 2. The molecule has 2 unspecified atom stereocenters. The summed E-state index contributed by atoms with van der Waals surface area (Å²) < 4.78 is 0. The van der Waals surface area contributed by atoms with Gasteiger partial charge in [-0.05, 0) is 51.4 Å². The van der Waals surface area contributed by atoms with E-state index in [1.54, 1.807) is 6.08 Å². The Morgan fingerprint density at radius 2 is 0.594 bits per heavy atom. The van der Waals surface area contributed by atoms with Gasteiger partial charge in [0.15, 0.2) is 0 Å². The molecule has 0 aromatic carbocycles. The first-order chi connectivity index (χ1) is 34.2. The van der Waals surface area contributed by atoms with E-state index in [0.717, 1.165) is 32.1 Å². The number of unbranched alkanes of at least 4 members (excludes halogenated alkanes) is 48. The van der Waals surface area contributed by atoms with Crippen molar-refractivity contribution in [2.75, 3.05) is 6.61 Å². The molecule has 0 aliphatic rings. The van der Waals surface area contributed by atoms with Gasteiger partial charge < -0.3 is 15.5 Å². The molecule has 0 fully saturated rings. The van der Waals surface area contributed by atoms with Gasteiger partial charge in [-0.3, -0.25) is 4.79 Å². The van der Waals surface area contributed by atoms with Crippen LogP contribution in [0.1, 0.15) is 354 Å². The van der Waals surface area contributed by atoms with E-state index in [9.17, 15) is 15.0 Å². The van der Waals surface area contributed by atoms with E-state index in [0.29, 0.717) is 6.42 Å². The second-order valence-electron chi connectivity index (χ2n) is 21.8. The number of carbonyl (C=O) groups is 1. The van der Waals surface area contributed by atoms with E-state index in [2.05, 4.69) is 43.5 Å². The van der Waals surface area contributed by atoms with Crippen molar-refractivity contribution in [3.05, 3.63) is 36.5 Å². The summed E-state index contributed by atoms with van der Waals surface area (Å²) in [5.74, 6) is -0.0566. The fourth-order valence-corrected chi connectivity index (χ4v) is 10.0. The molecule has 0 heterocycles. The molecule has 0 saturated carbocycles. The number of carbonyl (C=O) groups excluding carboxylic acids is 1. The highest BCUT2D eigenvalue weighted by molar-refractivity contribution is 5.76. The Morgan fingerprint density at radius 1 is 0.348 bits per heavy atom. The first kappa shape index (κ1) is 67.6. The van der Waals surface area contributed by atoms with Crippen molar-refractivity contribution in [2.24, 2.45) is 0 Å². The Morgan fingerprint density at radius 3 is 0.870 bits per heavy atom. The SMILES string of the molecule is CCCCCCC/C=C\C/C=C\CCCCCCCCCCCCCCCCCCCCCCCCCCCCCC(=O)NC(CO)C(O)/C=C/CCCCCCCCCCCCCCCCCC. The molecule has 0 radical (unpaired) electrons. The topological polar surface area (TPSA) is 69.6 Å². The summed E-state index contributed by atoms with van der Waals surface area (Å²) >= 11 is 0. The highest BCUT2D eigenvalue weighted by Gasteiger charge is 2.18. The molecular formula is C65H125NO3. The van der Waals surface area contributed by atoms with Gasteiger partial charge in [-0.2, -0.15) is 0 Å². The largest absolute Gasteiger partial charge is 0.394 e. The third kappa shape index (κ3) is 57.4. The standard InChI is InChI=1S/C65H125NO3/c1-3-5-7-9-11-13-15-17-19-21-23-24-25-26-27-28-29-30-31-32-33-34-35-36-37-38-39-40-41-42-43-45-47-49-51-53-55-57-59-61-65(69)66-63(62-67)64(68)60-58-56-54-52-50-48-46-44-22-20-18-16-14-12-10-8-6-4-2/h15,17,21,23,58,60,63-64,67-68H,3-14,16,18-20,22,24-57,59,61-62H2,1-2H3,(H,66,69)/b17-15-,23-21-,60-58+. The second kappa shape index (κ2) is 60.9. The Kier molecular flexibility index (Phi) is 59.7. The van der Waals surface area contributed by atoms with Crippen LogP contribution in [0, 0.1) is 0 Å². The molecule has 0 saturated heterocycles. The van der Waals surface area contributed by atoms with Gasteiger partial charge in [0.05, 0.1) is 18.8 Å². The maximum absolute atomic E-state index is 12.5. The summed E-state index contributed by atoms with van der Waals surface area (Å²) in [7, 11) is 0. The summed E-state index contributed by atoms with van der Waals surface area (Å²) in [6.45, 7) is 4.33. The van der Waals surface area contributed by atoms with Crippen LogP contribution in [0.15, 0.2) is 36.5 Å². The molecule has 0 aromatic heterocycles. The van der Waals surface area contributed by atoms with Gasteiger partial charge in [0, 0.05) is 6.42 Å². The van der Waals surface area contributed by atoms with Crippen LogP contribution in [0.4, 0.5) is 0 Å². The molecular weight excluding hydrogens is 843 g/mol. The minimum Gasteiger partial charge on any atom is -0.394 e. The number of hydrogen-bond donors (Lipinski definition) is 3. The average molecular weight is 969 g/mol. The molecule has 69 heavy (non-hydrogen) atoms. The van der Waals surface area contributed by atoms with Crippen molar-refractivity contribution in [1.82, 2.24) is 5.32 Å². The third-order valence-corrected chi connectivity index (χ3v) is 14.9. The number of aliphatic hydroxyl groups is 2. The van der Waals surface area contributed by atoms with Crippen LogP contribution >= 0.6 is 0 Å². The van der Waals surface area contributed by atoms with Crippen LogP contribution in [-0.2, 0) is 4.79 Å². The zero-order valence-corrected chi connectivity index (χ0v) is 47.1. The van der Waals surface area contributed by atoms with Crippen LogP contribution < -0.4 is 5.32 Å². The predicted octanol–water partition coefficient (Wildman–Crippen LogP) is 21.2. The average Bonchev–Trinajstić information content (AvgIpc) is 3.35. The van der Waals surface area contributed by atoms with Crippen molar-refractivity contribution >= 4 is 5.91 Å². The van der Waals surface area contributed by atoms with E-state index in [1.165, 1.54) is 302 Å². The fraction of sp³-hybridized carbons (Fsp3) is 0.892. The molecule has 4 heteroatoms. The van der Waals surface area contributed by atoms with Crippen LogP contribution in [0.25, 0.3) is 0 Å². The summed E-state index contributed by atoms with van der Waals surface area (Å²) in [6.07, 6.45) is 83.5. The number of nitrogens with one attached hydrogen (secondary N) is 1. The number of amides is 1. The van der Waals surface area contributed by atoms with Gasteiger partial charge in [-0.15, -0.1) is 0 Å². The van der Waals surface area contributed by atoms with E-state index in [4.69, 9.17) is 0 Å². The van der Waals surface area contributed by atoms with Gasteiger partial charge in [0.1, 0.15) is 0 Å². The molecule has 4 nitrogen and oxygen atoms in total. The fourth-order valence-electron chi connectivity index (χ4n) is 10.0. The Hall–Kier alpha value is -1.39. The van der Waals surface area contributed by atoms with E-state index >= 15 is 0 Å². The lowest BCUT2D eigenvalue weighted by Gasteiger charge is -2.20. The van der Waals surface area contributed by atoms with Crippen LogP contribution in [0.5, 0.6) is 0 Å². The Bertz CT molecular complexity index is 1050. The second-order valence-corrected chi connectivity index (χ2v) is 21.8. The summed E-state index contributed by atoms with van der Waals surface area (Å²) in [5.41, 5.74) is 0. The molecule has 0 rings (SSSR count). The molecule has 0 aromatic rings. The number of allylic oxidation sites excluding steroid dienone is 5. The van der Waals surface area contributed by atoms with Gasteiger partial charge in [-0.25, -0.2) is 0 Å². The molecule has 0 aliphatic carbocycles. The molecule has 0 bridgehead atoms. The van der Waals surface area contributed by atoms with Crippen molar-refractivity contribution < 1.29 is 15.0 Å². The zero-order chi connectivity index (χ0) is 49.9. The van der Waals surface area contributed by atoms with E-state index < -0.39 is 12.1 Å². The van der Waals surface area contributed by atoms with Crippen LogP contribution in [-0.4, -0.2) is 34.9 Å². The van der Waals surface area contributed by atoms with Gasteiger partial charge in [0.25, 0.3) is 0 Å². The van der Waals surface area contributed by atoms with Gasteiger partial charge in [-0.1, -0.05) is 333 Å². The van der Waals surface area contributed by atoms with Crippen molar-refractivity contribution in [1.29, 1.82) is 0 Å². The van der Waals surface area contributed by atoms with Gasteiger partial charge >= 0.3 is 0 Å². The lowest BCUT2D eigenvalue weighted by atomic mass is 10.0. The van der Waals surface area contributed by atoms with Crippen LogP contribution in [0.2, 0.25) is 0 Å². The maximum Gasteiger partial charge on any atom is 0.220 e. The van der Waals surface area contributed by atoms with Crippen LogP contribution in [0.3, 0.4) is 0 Å². The van der Waals surface area contributed by atoms with Crippen molar-refractivity contribution in [3.63, 3.8) is 0 Å². The maximum atomic E-state index is 12.5. The first-order valence-corrected chi connectivity index (χ1v) is 31.7. The predicted molar refractivity (Wildman–Crippen MR) is 308 cm³/mol. The highest BCUT2D eigenvalue weighted by Crippen LogP contribution is 2.18. The molecule has 2 atom stereocenters. The van der Waals surface area contributed by atoms with Crippen molar-refractivity contribution in [2.45, 2.75) is 366 Å². The summed E-state index contributed by atoms with van der Waals surface area (Å²) in [4.78, 5) is 12.5. The van der Waals surface area contributed by atoms with Gasteiger partial charge in [0.2, 0.25) is 5.91 Å². The Labute approximate surface area is 433 Å². The summed E-state index contributed by atoms with van der Waals surface area (Å²) in [6, 6.07) is -0.620. The number of hydrogen-bond acceptors (Lipinski definition) is 3. The Balaban J connectivity index is 3.39. The lowest BCUT2D eigenvalue weighted by molar-refractivity contribution is -0.123. The quantitative estimate of drug-likeness (QED) is 0.0420. The van der Waals surface area contributed by atoms with Crippen molar-refractivity contribution in [3.8, 4) is 0 Å². The molecule has 408 valence electrons. The van der Waals surface area contributed by atoms with E-state index in [1.807, 2.05) is 6.08 Å².